The number of aromatic nitrogens is 4. The van der Waals surface area contributed by atoms with Crippen LogP contribution in [0.1, 0.15) is 126 Å². The summed E-state index contributed by atoms with van der Waals surface area (Å²) in [6.45, 7) is 12.1. The molecule has 2 aromatic carbocycles. The molecule has 0 radical (unpaired) electrons. The van der Waals surface area contributed by atoms with Crippen molar-refractivity contribution >= 4 is 52.0 Å². The van der Waals surface area contributed by atoms with Crippen molar-refractivity contribution in [2.75, 3.05) is 62.6 Å². The van der Waals surface area contributed by atoms with E-state index in [4.69, 9.17) is 9.72 Å². The second kappa shape index (κ2) is 20.2. The lowest BCUT2D eigenvalue weighted by atomic mass is 9.87. The van der Waals surface area contributed by atoms with Gasteiger partial charge in [0.05, 0.1) is 24.1 Å². The number of carbonyl (C=O) groups is 4. The fourth-order valence-corrected chi connectivity index (χ4v) is 11.1. The number of ether oxygens (including phenoxy) is 1. The number of ketones is 1. The second-order valence-electron chi connectivity index (χ2n) is 19.5. The minimum atomic E-state index is -0.591. The van der Waals surface area contributed by atoms with Crippen molar-refractivity contribution in [1.29, 1.82) is 0 Å². The van der Waals surface area contributed by atoms with Gasteiger partial charge >= 0.3 is 0 Å². The number of piperazine rings is 1. The summed E-state index contributed by atoms with van der Waals surface area (Å²) in [4.78, 5) is 86.4. The molecule has 3 saturated heterocycles. The van der Waals surface area contributed by atoms with E-state index < -0.39 is 6.04 Å². The highest BCUT2D eigenvalue weighted by Crippen LogP contribution is 2.35. The molecule has 1 unspecified atom stereocenters. The number of unbranched alkanes of at least 4 members (excludes halogenated alkanes) is 1. The largest absolute Gasteiger partial charge is 0.494 e. The van der Waals surface area contributed by atoms with E-state index in [1.54, 1.807) is 22.6 Å². The van der Waals surface area contributed by atoms with Crippen LogP contribution >= 0.6 is 0 Å². The summed E-state index contributed by atoms with van der Waals surface area (Å²) >= 11 is 0. The SMILES string of the molecule is CC(=O)c1c(C)c2cnc(Nc3ccc(N4CCN(CCCCOc5ccc(CN6CCC(c7ccc8c(c7)CN(C7CCC(=O)NC7=O)C8=O)CC6)cc5)CC4)cn3)nc2n(C2CCCC2)c1=O. The Hall–Kier alpha value is -6.52. The number of nitrogens with zero attached hydrogens (tertiary/aromatic N) is 8. The molecule has 4 aliphatic heterocycles. The number of anilines is 3. The Balaban J connectivity index is 0.624. The number of carbonyl (C=O) groups excluding carboxylic acids is 4. The summed E-state index contributed by atoms with van der Waals surface area (Å²) in [5, 5.41) is 6.34. The molecule has 2 N–H and O–H groups in total. The van der Waals surface area contributed by atoms with E-state index in [1.807, 2.05) is 18.3 Å². The smallest absolute Gasteiger partial charge is 0.263 e. The number of nitrogens with one attached hydrogen (secondary N) is 2. The molecule has 3 aromatic heterocycles. The summed E-state index contributed by atoms with van der Waals surface area (Å²) < 4.78 is 7.87. The fourth-order valence-electron chi connectivity index (χ4n) is 11.1. The minimum Gasteiger partial charge on any atom is -0.494 e. The van der Waals surface area contributed by atoms with Gasteiger partial charge in [-0.25, -0.2) is 9.97 Å². The first-order valence-electron chi connectivity index (χ1n) is 24.9. The molecule has 0 bridgehead atoms. The number of likely N-dealkylation sites (tertiary alicyclic amines) is 1. The third-order valence-electron chi connectivity index (χ3n) is 15.0. The van der Waals surface area contributed by atoms with E-state index >= 15 is 0 Å². The molecule has 1 atom stereocenters. The quantitative estimate of drug-likeness (QED) is 0.0647. The molecule has 16 nitrogen and oxygen atoms in total. The van der Waals surface area contributed by atoms with Gasteiger partial charge in [0.15, 0.2) is 5.78 Å². The average molecular weight is 935 g/mol. The summed E-state index contributed by atoms with van der Waals surface area (Å²) in [7, 11) is 0. The average Bonchev–Trinajstić information content (AvgIpc) is 4.00. The van der Waals surface area contributed by atoms with Crippen LogP contribution < -0.4 is 25.8 Å². The van der Waals surface area contributed by atoms with Crippen LogP contribution in [0.5, 0.6) is 5.75 Å². The Morgan fingerprint density at radius 1 is 0.841 bits per heavy atom. The zero-order valence-electron chi connectivity index (χ0n) is 39.8. The second-order valence-corrected chi connectivity index (χ2v) is 19.5. The lowest BCUT2D eigenvalue weighted by Crippen LogP contribution is -2.52. The van der Waals surface area contributed by atoms with Crippen molar-refractivity contribution in [2.45, 2.75) is 109 Å². The van der Waals surface area contributed by atoms with E-state index in [0.717, 1.165) is 126 Å². The predicted molar refractivity (Wildman–Crippen MR) is 263 cm³/mol. The summed E-state index contributed by atoms with van der Waals surface area (Å²) in [5.41, 5.74) is 6.39. The molecular weight excluding hydrogens is 873 g/mol. The fraction of sp³-hybridized carbons (Fsp3) is 0.472. The number of aryl methyl sites for hydroxylation is 1. The highest BCUT2D eigenvalue weighted by molar-refractivity contribution is 6.05. The van der Waals surface area contributed by atoms with Crippen molar-refractivity contribution in [1.82, 2.24) is 39.5 Å². The first kappa shape index (κ1) is 46.2. The van der Waals surface area contributed by atoms with Gasteiger partial charge < -0.3 is 19.9 Å². The monoisotopic (exact) mass is 934 g/mol. The molecule has 1 aliphatic carbocycles. The zero-order valence-corrected chi connectivity index (χ0v) is 39.8. The number of pyridine rings is 2. The van der Waals surface area contributed by atoms with Crippen LogP contribution in [0, 0.1) is 6.92 Å². The number of benzene rings is 2. The van der Waals surface area contributed by atoms with Crippen LogP contribution in [0.4, 0.5) is 17.5 Å². The molecule has 360 valence electrons. The maximum absolute atomic E-state index is 13.6. The molecule has 4 fully saturated rings. The number of piperidine rings is 2. The Kier molecular flexibility index (Phi) is 13.5. The summed E-state index contributed by atoms with van der Waals surface area (Å²) in [6.07, 6.45) is 12.3. The van der Waals surface area contributed by atoms with E-state index in [9.17, 15) is 24.0 Å². The first-order valence-corrected chi connectivity index (χ1v) is 24.9. The molecule has 10 rings (SSSR count). The van der Waals surface area contributed by atoms with E-state index in [2.05, 4.69) is 77.8 Å². The van der Waals surface area contributed by atoms with Crippen LogP contribution in [-0.4, -0.2) is 116 Å². The lowest BCUT2D eigenvalue weighted by molar-refractivity contribution is -0.136. The number of rotatable bonds is 15. The Morgan fingerprint density at radius 2 is 1.62 bits per heavy atom. The molecule has 0 spiro atoms. The van der Waals surface area contributed by atoms with Crippen molar-refractivity contribution in [3.63, 3.8) is 0 Å². The standard InChI is InChI=1S/C53H62N10O6/c1-34-44-31-55-53(58-49(44)63(40-7-3-4-8-40)52(68)48(34)35(2)64)56-46-17-12-41(30-54-46)61-26-24-59(25-27-61)21-5-6-28-69-42-13-9-36(10-14-42)32-60-22-19-37(20-23-60)38-11-15-43-39(29-38)33-62(51(43)67)45-16-18-47(65)57-50(45)66/h9-15,17,29-31,37,40,45H,3-8,16,18-28,32-33H2,1-2H3,(H,57,65,66)(H,54,55,56,58). The number of amides is 3. The zero-order chi connectivity index (χ0) is 47.6. The molecule has 5 aliphatic rings. The summed E-state index contributed by atoms with van der Waals surface area (Å²) in [5.74, 6) is 1.31. The van der Waals surface area contributed by atoms with Gasteiger partial charge in [0.1, 0.15) is 23.3 Å². The molecule has 1 saturated carbocycles. The Labute approximate surface area is 402 Å². The maximum Gasteiger partial charge on any atom is 0.263 e. The van der Waals surface area contributed by atoms with Gasteiger partial charge in [-0.15, -0.1) is 0 Å². The molecule has 16 heteroatoms. The van der Waals surface area contributed by atoms with E-state index in [1.165, 1.54) is 18.1 Å². The van der Waals surface area contributed by atoms with E-state index in [0.29, 0.717) is 54.0 Å². The van der Waals surface area contributed by atoms with Crippen molar-refractivity contribution in [3.05, 3.63) is 111 Å². The number of Topliss-reactive ketones (excluding diaryl/α,β-unsaturated/α-hetero) is 1. The minimum absolute atomic E-state index is 0.0189. The molecule has 3 amide bonds. The van der Waals surface area contributed by atoms with Gasteiger partial charge in [0.2, 0.25) is 17.8 Å². The Bertz CT molecular complexity index is 2790. The first-order chi connectivity index (χ1) is 33.6. The normalized spacial score (nSPS) is 19.6. The number of fused-ring (bicyclic) bond motifs is 2. The van der Waals surface area contributed by atoms with Crippen LogP contribution in [0.2, 0.25) is 0 Å². The van der Waals surface area contributed by atoms with Crippen LogP contribution in [0.3, 0.4) is 0 Å². The van der Waals surface area contributed by atoms with Crippen molar-refractivity contribution in [2.24, 2.45) is 0 Å². The maximum atomic E-state index is 13.6. The van der Waals surface area contributed by atoms with Crippen molar-refractivity contribution in [3.8, 4) is 5.75 Å². The third-order valence-corrected chi connectivity index (χ3v) is 15.0. The number of hydrogen-bond acceptors (Lipinski definition) is 13. The van der Waals surface area contributed by atoms with Gasteiger partial charge in [-0.05, 0) is 137 Å². The lowest BCUT2D eigenvalue weighted by Gasteiger charge is -2.36. The number of hydrogen-bond donors (Lipinski definition) is 2. The Morgan fingerprint density at radius 3 is 2.35 bits per heavy atom. The molecular formula is C53H62N10O6. The molecule has 69 heavy (non-hydrogen) atoms. The highest BCUT2D eigenvalue weighted by atomic mass is 16.5. The van der Waals surface area contributed by atoms with Crippen LogP contribution in [0.15, 0.2) is 71.8 Å². The number of imide groups is 1. The highest BCUT2D eigenvalue weighted by Gasteiger charge is 2.39. The topological polar surface area (TPSA) is 175 Å². The van der Waals surface area contributed by atoms with E-state index in [-0.39, 0.29) is 47.1 Å². The van der Waals surface area contributed by atoms with Gasteiger partial charge in [-0.2, -0.15) is 4.98 Å². The summed E-state index contributed by atoms with van der Waals surface area (Å²) in [6, 6.07) is 18.1. The van der Waals surface area contributed by atoms with Crippen LogP contribution in [0.25, 0.3) is 11.0 Å². The van der Waals surface area contributed by atoms with Gasteiger partial charge in [0, 0.05) is 68.9 Å². The molecule has 7 heterocycles. The predicted octanol–water partition coefficient (Wildman–Crippen LogP) is 6.68. The third kappa shape index (κ3) is 10.0. The van der Waals surface area contributed by atoms with Gasteiger partial charge in [-0.3, -0.25) is 43.7 Å². The van der Waals surface area contributed by atoms with Gasteiger partial charge in [-0.1, -0.05) is 37.1 Å². The van der Waals surface area contributed by atoms with Gasteiger partial charge in [0.25, 0.3) is 11.5 Å². The van der Waals surface area contributed by atoms with Crippen molar-refractivity contribution < 1.29 is 23.9 Å². The molecule has 5 aromatic rings. The van der Waals surface area contributed by atoms with Crippen LogP contribution in [-0.2, 0) is 22.7 Å².